The van der Waals surface area contributed by atoms with Crippen molar-refractivity contribution in [1.82, 2.24) is 15.3 Å². The van der Waals surface area contributed by atoms with Crippen molar-refractivity contribution in [3.8, 4) is 0 Å². The predicted molar refractivity (Wildman–Crippen MR) is 58.5 cm³/mol. The quantitative estimate of drug-likeness (QED) is 0.704. The van der Waals surface area contributed by atoms with E-state index in [0.29, 0.717) is 11.6 Å². The normalized spacial score (nSPS) is 9.80. The number of aromatic nitrogens is 2. The molecule has 0 aromatic carbocycles. The molecule has 0 aliphatic rings. The van der Waals surface area contributed by atoms with Crippen molar-refractivity contribution in [3.05, 3.63) is 11.9 Å². The Labute approximate surface area is 88.5 Å². The van der Waals surface area contributed by atoms with E-state index in [4.69, 9.17) is 5.73 Å². The first-order chi connectivity index (χ1) is 7.06. The Morgan fingerprint density at radius 3 is 2.87 bits per heavy atom. The molecule has 0 aliphatic carbocycles. The maximum Gasteiger partial charge on any atom is 0.239 e. The molecule has 1 heterocycles. The first-order valence-corrected chi connectivity index (χ1v) is 4.55. The van der Waals surface area contributed by atoms with Gasteiger partial charge in [-0.1, -0.05) is 0 Å². The van der Waals surface area contributed by atoms with Crippen molar-refractivity contribution in [2.24, 2.45) is 0 Å². The molecule has 0 atom stereocenters. The molecule has 0 spiro atoms. The third kappa shape index (κ3) is 2.55. The van der Waals surface area contributed by atoms with Crippen LogP contribution < -0.4 is 16.0 Å². The number of anilines is 2. The Morgan fingerprint density at radius 2 is 2.27 bits per heavy atom. The summed E-state index contributed by atoms with van der Waals surface area (Å²) in [6.45, 7) is 2.07. The van der Waals surface area contributed by atoms with Crippen LogP contribution in [-0.2, 0) is 4.79 Å². The minimum atomic E-state index is -0.0749. The van der Waals surface area contributed by atoms with Crippen molar-refractivity contribution < 1.29 is 4.79 Å². The molecule has 0 aliphatic heterocycles. The van der Waals surface area contributed by atoms with Gasteiger partial charge in [-0.05, 0) is 6.92 Å². The van der Waals surface area contributed by atoms with E-state index in [1.807, 2.05) is 6.92 Å². The number of nitrogens with one attached hydrogen (secondary N) is 1. The van der Waals surface area contributed by atoms with E-state index < -0.39 is 0 Å². The minimum absolute atomic E-state index is 0.0749. The van der Waals surface area contributed by atoms with E-state index in [9.17, 15) is 4.79 Å². The fourth-order valence-electron chi connectivity index (χ4n) is 1.21. The van der Waals surface area contributed by atoms with Crippen LogP contribution in [0.4, 0.5) is 11.6 Å². The topological polar surface area (TPSA) is 84.1 Å². The maximum absolute atomic E-state index is 11.2. The van der Waals surface area contributed by atoms with Gasteiger partial charge in [0.15, 0.2) is 0 Å². The van der Waals surface area contributed by atoms with Gasteiger partial charge in [0.1, 0.15) is 18.0 Å². The second-order valence-electron chi connectivity index (χ2n) is 3.24. The number of likely N-dealkylation sites (N-methyl/N-ethyl adjacent to an activating group) is 2. The highest BCUT2D eigenvalue weighted by Crippen LogP contribution is 2.17. The van der Waals surface area contributed by atoms with Gasteiger partial charge in [0.05, 0.1) is 6.54 Å². The molecule has 0 saturated carbocycles. The summed E-state index contributed by atoms with van der Waals surface area (Å²) in [5, 5.41) is 2.54. The standard InChI is InChI=1S/C9H15N5O/c1-6-8(10)12-5-13-9(6)14(3)4-7(15)11-2/h5H,4H2,1-3H3,(H,11,15)(H2,10,12,13). The highest BCUT2D eigenvalue weighted by Gasteiger charge is 2.11. The van der Waals surface area contributed by atoms with Crippen LogP contribution in [0.15, 0.2) is 6.33 Å². The van der Waals surface area contributed by atoms with Gasteiger partial charge in [-0.2, -0.15) is 0 Å². The zero-order valence-corrected chi connectivity index (χ0v) is 9.11. The number of hydrogen-bond donors (Lipinski definition) is 2. The van der Waals surface area contributed by atoms with E-state index in [0.717, 1.165) is 5.56 Å². The van der Waals surface area contributed by atoms with Crippen molar-refractivity contribution in [2.75, 3.05) is 31.3 Å². The average Bonchev–Trinajstić information content (AvgIpc) is 2.21. The van der Waals surface area contributed by atoms with Crippen molar-refractivity contribution in [1.29, 1.82) is 0 Å². The summed E-state index contributed by atoms with van der Waals surface area (Å²) in [6, 6.07) is 0. The van der Waals surface area contributed by atoms with Gasteiger partial charge < -0.3 is 16.0 Å². The van der Waals surface area contributed by atoms with Crippen molar-refractivity contribution in [2.45, 2.75) is 6.92 Å². The zero-order valence-electron chi connectivity index (χ0n) is 9.11. The van der Waals surface area contributed by atoms with Gasteiger partial charge in [0.2, 0.25) is 5.91 Å². The molecule has 0 unspecified atom stereocenters. The van der Waals surface area contributed by atoms with Crippen LogP contribution in [0.5, 0.6) is 0 Å². The van der Waals surface area contributed by atoms with E-state index in [1.165, 1.54) is 6.33 Å². The highest BCUT2D eigenvalue weighted by atomic mass is 16.1. The maximum atomic E-state index is 11.2. The number of hydrogen-bond acceptors (Lipinski definition) is 5. The molecule has 1 rings (SSSR count). The second kappa shape index (κ2) is 4.59. The van der Waals surface area contributed by atoms with Gasteiger partial charge in [0.25, 0.3) is 0 Å². The molecule has 0 radical (unpaired) electrons. The van der Waals surface area contributed by atoms with Gasteiger partial charge in [0, 0.05) is 19.7 Å². The summed E-state index contributed by atoms with van der Waals surface area (Å²) in [4.78, 5) is 20.8. The van der Waals surface area contributed by atoms with Crippen LogP contribution in [0.3, 0.4) is 0 Å². The summed E-state index contributed by atoms with van der Waals surface area (Å²) in [6.07, 6.45) is 1.39. The van der Waals surface area contributed by atoms with Crippen LogP contribution in [0.2, 0.25) is 0 Å². The predicted octanol–water partition coefficient (Wildman–Crippen LogP) is -0.451. The van der Waals surface area contributed by atoms with E-state index in [2.05, 4.69) is 15.3 Å². The Balaban J connectivity index is 2.86. The molecule has 0 bridgehead atoms. The van der Waals surface area contributed by atoms with Crippen LogP contribution >= 0.6 is 0 Å². The number of rotatable bonds is 3. The summed E-state index contributed by atoms with van der Waals surface area (Å²) >= 11 is 0. The third-order valence-corrected chi connectivity index (χ3v) is 2.12. The number of nitrogens with two attached hydrogens (primary N) is 1. The average molecular weight is 209 g/mol. The molecular formula is C9H15N5O. The van der Waals surface area contributed by atoms with E-state index >= 15 is 0 Å². The lowest BCUT2D eigenvalue weighted by Gasteiger charge is -2.19. The van der Waals surface area contributed by atoms with Gasteiger partial charge in [-0.15, -0.1) is 0 Å². The summed E-state index contributed by atoms with van der Waals surface area (Å²) < 4.78 is 0. The molecule has 1 amide bonds. The fourth-order valence-corrected chi connectivity index (χ4v) is 1.21. The lowest BCUT2D eigenvalue weighted by atomic mass is 10.3. The lowest BCUT2D eigenvalue weighted by molar-refractivity contribution is -0.119. The Kier molecular flexibility index (Phi) is 3.43. The summed E-state index contributed by atoms with van der Waals surface area (Å²) in [5.41, 5.74) is 6.42. The van der Waals surface area contributed by atoms with Crippen molar-refractivity contribution in [3.63, 3.8) is 0 Å². The third-order valence-electron chi connectivity index (χ3n) is 2.12. The number of nitrogens with zero attached hydrogens (tertiary/aromatic N) is 3. The van der Waals surface area contributed by atoms with E-state index in [1.54, 1.807) is 19.0 Å². The molecule has 0 fully saturated rings. The van der Waals surface area contributed by atoms with Gasteiger partial charge in [-0.25, -0.2) is 9.97 Å². The van der Waals surface area contributed by atoms with E-state index in [-0.39, 0.29) is 12.5 Å². The first kappa shape index (κ1) is 11.2. The van der Waals surface area contributed by atoms with Crippen LogP contribution in [0.1, 0.15) is 5.56 Å². The van der Waals surface area contributed by atoms with Crippen LogP contribution in [-0.4, -0.2) is 36.5 Å². The molecule has 15 heavy (non-hydrogen) atoms. The molecule has 6 heteroatoms. The zero-order chi connectivity index (χ0) is 11.4. The second-order valence-corrected chi connectivity index (χ2v) is 3.24. The van der Waals surface area contributed by atoms with Gasteiger partial charge in [-0.3, -0.25) is 4.79 Å². The Morgan fingerprint density at radius 1 is 1.60 bits per heavy atom. The number of nitrogen functional groups attached to an aromatic ring is 1. The molecule has 82 valence electrons. The Hall–Kier alpha value is -1.85. The van der Waals surface area contributed by atoms with Crippen LogP contribution in [0, 0.1) is 6.92 Å². The van der Waals surface area contributed by atoms with Gasteiger partial charge >= 0.3 is 0 Å². The van der Waals surface area contributed by atoms with Crippen LogP contribution in [0.25, 0.3) is 0 Å². The number of carbonyl (C=O) groups excluding carboxylic acids is 1. The van der Waals surface area contributed by atoms with Crippen molar-refractivity contribution >= 4 is 17.5 Å². The minimum Gasteiger partial charge on any atom is -0.383 e. The molecule has 1 aromatic heterocycles. The number of amides is 1. The largest absolute Gasteiger partial charge is 0.383 e. The number of carbonyl (C=O) groups is 1. The molecule has 6 nitrogen and oxygen atoms in total. The SMILES string of the molecule is CNC(=O)CN(C)c1ncnc(N)c1C. The Bertz CT molecular complexity index is 366. The summed E-state index contributed by atoms with van der Waals surface area (Å²) in [5.74, 6) is 1.03. The summed E-state index contributed by atoms with van der Waals surface area (Å²) in [7, 11) is 3.38. The molecule has 3 N–H and O–H groups in total. The monoisotopic (exact) mass is 209 g/mol. The molecule has 0 saturated heterocycles. The smallest absolute Gasteiger partial charge is 0.239 e. The first-order valence-electron chi connectivity index (χ1n) is 4.55. The molecule has 1 aromatic rings. The molecular weight excluding hydrogens is 194 g/mol. The fraction of sp³-hybridized carbons (Fsp3) is 0.444. The lowest BCUT2D eigenvalue weighted by Crippen LogP contribution is -2.33. The highest BCUT2D eigenvalue weighted by molar-refractivity contribution is 5.81.